The van der Waals surface area contributed by atoms with Crippen molar-refractivity contribution < 1.29 is 9.53 Å². The zero-order chi connectivity index (χ0) is 15.4. The number of carbonyl (C=O) groups excluding carboxylic acids is 1. The molecular formula is C16H21ClN2O2S. The minimum absolute atomic E-state index is 0. The predicted octanol–water partition coefficient (Wildman–Crippen LogP) is 4.00. The van der Waals surface area contributed by atoms with E-state index in [0.29, 0.717) is 12.2 Å². The monoisotopic (exact) mass is 340 g/mol. The van der Waals surface area contributed by atoms with Crippen molar-refractivity contribution in [2.24, 2.45) is 0 Å². The first-order valence-electron chi connectivity index (χ1n) is 6.99. The summed E-state index contributed by atoms with van der Waals surface area (Å²) in [6.07, 6.45) is 0. The van der Waals surface area contributed by atoms with E-state index >= 15 is 0 Å². The molecule has 0 fully saturated rings. The van der Waals surface area contributed by atoms with E-state index in [4.69, 9.17) is 9.72 Å². The molecule has 0 saturated carbocycles. The van der Waals surface area contributed by atoms with Gasteiger partial charge in [-0.25, -0.2) is 9.78 Å². The van der Waals surface area contributed by atoms with Crippen LogP contribution in [0.25, 0.3) is 11.3 Å². The Kier molecular flexibility index (Phi) is 7.00. The third kappa shape index (κ3) is 4.06. The molecule has 0 saturated heterocycles. The molecule has 22 heavy (non-hydrogen) atoms. The maximum Gasteiger partial charge on any atom is 0.338 e. The number of hydrogen-bond acceptors (Lipinski definition) is 5. The van der Waals surface area contributed by atoms with Crippen LogP contribution in [-0.2, 0) is 4.74 Å². The summed E-state index contributed by atoms with van der Waals surface area (Å²) in [4.78, 5) is 17.5. The number of hydrogen-bond donors (Lipinski definition) is 1. The Morgan fingerprint density at radius 2 is 2.00 bits per heavy atom. The van der Waals surface area contributed by atoms with Crippen molar-refractivity contribution in [3.63, 3.8) is 0 Å². The van der Waals surface area contributed by atoms with Crippen molar-refractivity contribution in [1.29, 1.82) is 0 Å². The normalized spacial score (nSPS) is 11.6. The van der Waals surface area contributed by atoms with Crippen LogP contribution in [-0.4, -0.2) is 24.6 Å². The van der Waals surface area contributed by atoms with Gasteiger partial charge < -0.3 is 10.1 Å². The van der Waals surface area contributed by atoms with Gasteiger partial charge in [0.05, 0.1) is 23.9 Å². The Hall–Kier alpha value is -1.43. The minimum Gasteiger partial charge on any atom is -0.462 e. The number of halogens is 1. The molecule has 4 nitrogen and oxygen atoms in total. The van der Waals surface area contributed by atoms with Crippen LogP contribution >= 0.6 is 23.7 Å². The lowest BCUT2D eigenvalue weighted by atomic mass is 10.1. The maximum atomic E-state index is 11.6. The van der Waals surface area contributed by atoms with E-state index in [1.54, 1.807) is 30.4 Å². The summed E-state index contributed by atoms with van der Waals surface area (Å²) in [7, 11) is 1.93. The van der Waals surface area contributed by atoms with Gasteiger partial charge in [-0.15, -0.1) is 23.7 Å². The topological polar surface area (TPSA) is 51.2 Å². The second-order valence-corrected chi connectivity index (χ2v) is 6.00. The van der Waals surface area contributed by atoms with E-state index in [-0.39, 0.29) is 24.4 Å². The van der Waals surface area contributed by atoms with Crippen molar-refractivity contribution in [3.8, 4) is 11.3 Å². The summed E-state index contributed by atoms with van der Waals surface area (Å²) in [5.41, 5.74) is 2.57. The van der Waals surface area contributed by atoms with Crippen LogP contribution in [0.3, 0.4) is 0 Å². The molecular weight excluding hydrogens is 320 g/mol. The van der Waals surface area contributed by atoms with E-state index in [1.807, 2.05) is 19.2 Å². The summed E-state index contributed by atoms with van der Waals surface area (Å²) < 4.78 is 4.99. The summed E-state index contributed by atoms with van der Waals surface area (Å²) in [5.74, 6) is -0.288. The van der Waals surface area contributed by atoms with E-state index in [1.165, 1.54) is 4.88 Å². The van der Waals surface area contributed by atoms with Gasteiger partial charge in [-0.2, -0.15) is 0 Å². The van der Waals surface area contributed by atoms with Crippen LogP contribution < -0.4 is 5.32 Å². The number of nitrogens with zero attached hydrogens (tertiary/aromatic N) is 1. The second-order valence-electron chi connectivity index (χ2n) is 4.77. The standard InChI is InChI=1S/C16H20N2O2S.ClH/c1-5-20-16(19)13-8-6-12(7-9-13)14-11(3)21-15(18-14)10(2)17-4;/h6-10,17H,5H2,1-4H3;1H/t10-;/m0./s1. The Morgan fingerprint density at radius 3 is 2.55 bits per heavy atom. The lowest BCUT2D eigenvalue weighted by Gasteiger charge is -2.05. The average Bonchev–Trinajstić information content (AvgIpc) is 2.89. The van der Waals surface area contributed by atoms with Gasteiger partial charge in [-0.1, -0.05) is 12.1 Å². The van der Waals surface area contributed by atoms with E-state index in [9.17, 15) is 4.79 Å². The molecule has 0 amide bonds. The van der Waals surface area contributed by atoms with Crippen LogP contribution in [0.4, 0.5) is 0 Å². The quantitative estimate of drug-likeness (QED) is 0.836. The van der Waals surface area contributed by atoms with Gasteiger partial charge in [0.25, 0.3) is 0 Å². The number of carbonyl (C=O) groups is 1. The third-order valence-electron chi connectivity index (χ3n) is 3.29. The van der Waals surface area contributed by atoms with Crippen molar-refractivity contribution in [3.05, 3.63) is 39.7 Å². The average molecular weight is 341 g/mol. The van der Waals surface area contributed by atoms with Gasteiger partial charge in [-0.3, -0.25) is 0 Å². The maximum absolute atomic E-state index is 11.6. The van der Waals surface area contributed by atoms with Crippen LogP contribution in [0, 0.1) is 6.92 Å². The SMILES string of the molecule is CCOC(=O)c1ccc(-c2nc([C@H](C)NC)sc2C)cc1.Cl. The Morgan fingerprint density at radius 1 is 1.36 bits per heavy atom. The fourth-order valence-corrected chi connectivity index (χ4v) is 2.98. The fourth-order valence-electron chi connectivity index (χ4n) is 1.97. The molecule has 1 aromatic heterocycles. The number of aromatic nitrogens is 1. The number of ether oxygens (including phenoxy) is 1. The lowest BCUT2D eigenvalue weighted by Crippen LogP contribution is -2.11. The van der Waals surface area contributed by atoms with Crippen molar-refractivity contribution in [2.45, 2.75) is 26.8 Å². The molecule has 1 atom stereocenters. The van der Waals surface area contributed by atoms with Gasteiger partial charge in [0.1, 0.15) is 5.01 Å². The van der Waals surface area contributed by atoms with E-state index < -0.39 is 0 Å². The van der Waals surface area contributed by atoms with Gasteiger partial charge in [0.15, 0.2) is 0 Å². The van der Waals surface area contributed by atoms with Crippen LogP contribution in [0.1, 0.15) is 40.1 Å². The zero-order valence-corrected chi connectivity index (χ0v) is 14.8. The van der Waals surface area contributed by atoms with Gasteiger partial charge in [0.2, 0.25) is 0 Å². The second kappa shape index (κ2) is 8.27. The van der Waals surface area contributed by atoms with Crippen molar-refractivity contribution >= 4 is 29.7 Å². The fraction of sp³-hybridized carbons (Fsp3) is 0.375. The molecule has 0 aliphatic rings. The molecule has 0 unspecified atom stereocenters. The molecule has 1 heterocycles. The first-order valence-corrected chi connectivity index (χ1v) is 7.80. The van der Waals surface area contributed by atoms with Crippen LogP contribution in [0.15, 0.2) is 24.3 Å². The summed E-state index contributed by atoms with van der Waals surface area (Å²) in [6, 6.07) is 7.64. The van der Waals surface area contributed by atoms with Crippen LogP contribution in [0.5, 0.6) is 0 Å². The third-order valence-corrected chi connectivity index (χ3v) is 4.44. The minimum atomic E-state index is -0.288. The largest absolute Gasteiger partial charge is 0.462 e. The number of benzene rings is 1. The Bertz CT molecular complexity index is 626. The first-order chi connectivity index (χ1) is 10.1. The molecule has 120 valence electrons. The Balaban J connectivity index is 0.00000242. The molecule has 0 radical (unpaired) electrons. The van der Waals surface area contributed by atoms with Gasteiger partial charge in [0, 0.05) is 10.4 Å². The highest BCUT2D eigenvalue weighted by Gasteiger charge is 2.14. The van der Waals surface area contributed by atoms with Crippen molar-refractivity contribution in [2.75, 3.05) is 13.7 Å². The summed E-state index contributed by atoms with van der Waals surface area (Å²) in [5, 5.41) is 4.27. The molecule has 2 rings (SSSR count). The molecule has 1 aromatic carbocycles. The van der Waals surface area contributed by atoms with Gasteiger partial charge in [-0.05, 0) is 40.0 Å². The predicted molar refractivity (Wildman–Crippen MR) is 93.0 cm³/mol. The number of thiazole rings is 1. The number of rotatable bonds is 5. The van der Waals surface area contributed by atoms with Crippen molar-refractivity contribution in [1.82, 2.24) is 10.3 Å². The number of nitrogens with one attached hydrogen (secondary N) is 1. The lowest BCUT2D eigenvalue weighted by molar-refractivity contribution is 0.0526. The highest BCUT2D eigenvalue weighted by Crippen LogP contribution is 2.30. The summed E-state index contributed by atoms with van der Waals surface area (Å²) >= 11 is 1.70. The molecule has 2 aromatic rings. The highest BCUT2D eigenvalue weighted by molar-refractivity contribution is 7.12. The van der Waals surface area contributed by atoms with Crippen LogP contribution in [0.2, 0.25) is 0 Å². The molecule has 0 spiro atoms. The molecule has 1 N–H and O–H groups in total. The van der Waals surface area contributed by atoms with E-state index in [2.05, 4.69) is 19.2 Å². The molecule has 0 aliphatic heterocycles. The van der Waals surface area contributed by atoms with E-state index in [0.717, 1.165) is 16.3 Å². The van der Waals surface area contributed by atoms with Gasteiger partial charge >= 0.3 is 5.97 Å². The smallest absolute Gasteiger partial charge is 0.338 e. The number of aryl methyl sites for hydroxylation is 1. The molecule has 0 bridgehead atoms. The first kappa shape index (κ1) is 18.6. The molecule has 6 heteroatoms. The highest BCUT2D eigenvalue weighted by atomic mass is 35.5. The molecule has 0 aliphatic carbocycles. The summed E-state index contributed by atoms with van der Waals surface area (Å²) in [6.45, 7) is 6.34. The Labute approximate surface area is 141 Å². The zero-order valence-electron chi connectivity index (χ0n) is 13.2. The number of esters is 1.